The lowest BCUT2D eigenvalue weighted by molar-refractivity contribution is -0.385. The van der Waals surface area contributed by atoms with Crippen LogP contribution in [0.4, 0.5) is 5.69 Å². The molecule has 0 spiro atoms. The average molecular weight is 250 g/mol. The van der Waals surface area contributed by atoms with Crippen molar-refractivity contribution in [3.63, 3.8) is 0 Å². The van der Waals surface area contributed by atoms with Crippen LogP contribution in [0, 0.1) is 10.1 Å². The largest absolute Gasteiger partial charge is 0.373 e. The smallest absolute Gasteiger partial charge is 0.269 e. The normalized spacial score (nSPS) is 17.8. The van der Waals surface area contributed by atoms with Gasteiger partial charge in [0.05, 0.1) is 17.6 Å². The molecule has 98 valence electrons. The highest BCUT2D eigenvalue weighted by Gasteiger charge is 2.17. The SMILES string of the molecule is CN1CCC(OCc2cccc([N+](=O)[O-])c2)CC1. The molecule has 1 aromatic rings. The van der Waals surface area contributed by atoms with Crippen LogP contribution in [0.15, 0.2) is 24.3 Å². The van der Waals surface area contributed by atoms with E-state index in [9.17, 15) is 10.1 Å². The number of benzene rings is 1. The number of rotatable bonds is 4. The van der Waals surface area contributed by atoms with Crippen molar-refractivity contribution in [3.05, 3.63) is 39.9 Å². The molecule has 0 amide bonds. The minimum Gasteiger partial charge on any atom is -0.373 e. The van der Waals surface area contributed by atoms with Crippen LogP contribution >= 0.6 is 0 Å². The van der Waals surface area contributed by atoms with Gasteiger partial charge in [-0.15, -0.1) is 0 Å². The third-order valence-electron chi connectivity index (χ3n) is 3.27. The van der Waals surface area contributed by atoms with Gasteiger partial charge in [0.15, 0.2) is 0 Å². The zero-order valence-corrected chi connectivity index (χ0v) is 10.5. The number of piperidine rings is 1. The fraction of sp³-hybridized carbons (Fsp3) is 0.538. The van der Waals surface area contributed by atoms with Crippen molar-refractivity contribution in [2.45, 2.75) is 25.6 Å². The van der Waals surface area contributed by atoms with Crippen LogP contribution < -0.4 is 0 Å². The Kier molecular flexibility index (Phi) is 4.28. The first-order chi connectivity index (χ1) is 8.65. The monoisotopic (exact) mass is 250 g/mol. The van der Waals surface area contributed by atoms with Crippen molar-refractivity contribution in [3.8, 4) is 0 Å². The minimum absolute atomic E-state index is 0.125. The Bertz CT molecular complexity index is 414. The first-order valence-electron chi connectivity index (χ1n) is 6.18. The Morgan fingerprint density at radius 3 is 2.83 bits per heavy atom. The molecule has 0 radical (unpaired) electrons. The van der Waals surface area contributed by atoms with Gasteiger partial charge < -0.3 is 9.64 Å². The van der Waals surface area contributed by atoms with E-state index in [2.05, 4.69) is 11.9 Å². The number of nitro groups is 1. The van der Waals surface area contributed by atoms with Gasteiger partial charge in [0.2, 0.25) is 0 Å². The van der Waals surface area contributed by atoms with Crippen molar-refractivity contribution >= 4 is 5.69 Å². The van der Waals surface area contributed by atoms with E-state index in [0.717, 1.165) is 31.5 Å². The lowest BCUT2D eigenvalue weighted by atomic mass is 10.1. The van der Waals surface area contributed by atoms with E-state index in [0.29, 0.717) is 6.61 Å². The van der Waals surface area contributed by atoms with Gasteiger partial charge in [0, 0.05) is 25.2 Å². The van der Waals surface area contributed by atoms with Crippen LogP contribution in [-0.2, 0) is 11.3 Å². The predicted molar refractivity (Wildman–Crippen MR) is 68.4 cm³/mol. The highest BCUT2D eigenvalue weighted by atomic mass is 16.6. The summed E-state index contributed by atoms with van der Waals surface area (Å²) in [6.07, 6.45) is 2.34. The van der Waals surface area contributed by atoms with Gasteiger partial charge in [-0.2, -0.15) is 0 Å². The van der Waals surface area contributed by atoms with Crippen LogP contribution in [-0.4, -0.2) is 36.1 Å². The van der Waals surface area contributed by atoms with Crippen LogP contribution in [0.3, 0.4) is 0 Å². The molecule has 0 N–H and O–H groups in total. The van der Waals surface area contributed by atoms with E-state index in [-0.39, 0.29) is 16.7 Å². The molecule has 5 heteroatoms. The van der Waals surface area contributed by atoms with Gasteiger partial charge in [0.1, 0.15) is 0 Å². The minimum atomic E-state index is -0.376. The molecule has 1 aromatic carbocycles. The number of likely N-dealkylation sites (tertiary alicyclic amines) is 1. The summed E-state index contributed by atoms with van der Waals surface area (Å²) in [5, 5.41) is 10.7. The molecule has 1 heterocycles. The molecule has 1 saturated heterocycles. The number of hydrogen-bond acceptors (Lipinski definition) is 4. The van der Waals surface area contributed by atoms with Gasteiger partial charge in [0.25, 0.3) is 5.69 Å². The summed E-state index contributed by atoms with van der Waals surface area (Å²) in [6, 6.07) is 6.64. The molecular weight excluding hydrogens is 232 g/mol. The van der Waals surface area contributed by atoms with Crippen LogP contribution in [0.1, 0.15) is 18.4 Å². The summed E-state index contributed by atoms with van der Waals surface area (Å²) < 4.78 is 5.80. The highest BCUT2D eigenvalue weighted by Crippen LogP contribution is 2.17. The van der Waals surface area contributed by atoms with Gasteiger partial charge >= 0.3 is 0 Å². The second kappa shape index (κ2) is 5.93. The molecule has 1 aliphatic rings. The topological polar surface area (TPSA) is 55.6 Å². The fourth-order valence-electron chi connectivity index (χ4n) is 2.13. The molecule has 0 unspecified atom stereocenters. The maximum absolute atomic E-state index is 10.7. The van der Waals surface area contributed by atoms with Crippen LogP contribution in [0.2, 0.25) is 0 Å². The zero-order valence-electron chi connectivity index (χ0n) is 10.5. The van der Waals surface area contributed by atoms with Gasteiger partial charge in [-0.1, -0.05) is 12.1 Å². The third-order valence-corrected chi connectivity index (χ3v) is 3.27. The summed E-state index contributed by atoms with van der Waals surface area (Å²) in [6.45, 7) is 2.56. The van der Waals surface area contributed by atoms with E-state index in [1.807, 2.05) is 6.07 Å². The number of nitro benzene ring substituents is 1. The Hall–Kier alpha value is -1.46. The van der Waals surface area contributed by atoms with E-state index >= 15 is 0 Å². The number of hydrogen-bond donors (Lipinski definition) is 0. The average Bonchev–Trinajstić information content (AvgIpc) is 2.38. The van der Waals surface area contributed by atoms with Gasteiger partial charge in [-0.3, -0.25) is 10.1 Å². The first kappa shape index (κ1) is 13.0. The molecule has 0 bridgehead atoms. The molecule has 0 saturated carbocycles. The zero-order chi connectivity index (χ0) is 13.0. The lowest BCUT2D eigenvalue weighted by Gasteiger charge is -2.28. The maximum atomic E-state index is 10.7. The fourth-order valence-corrected chi connectivity index (χ4v) is 2.13. The van der Waals surface area contributed by atoms with Gasteiger partial charge in [-0.05, 0) is 25.5 Å². The highest BCUT2D eigenvalue weighted by molar-refractivity contribution is 5.33. The number of nitrogens with zero attached hydrogens (tertiary/aromatic N) is 2. The molecule has 0 aromatic heterocycles. The quantitative estimate of drug-likeness (QED) is 0.607. The summed E-state index contributed by atoms with van der Waals surface area (Å²) in [4.78, 5) is 12.6. The standard InChI is InChI=1S/C13H18N2O3/c1-14-7-5-13(6-8-14)18-10-11-3-2-4-12(9-11)15(16)17/h2-4,9,13H,5-8,10H2,1H3. The van der Waals surface area contributed by atoms with Crippen molar-refractivity contribution < 1.29 is 9.66 Å². The van der Waals surface area contributed by atoms with Gasteiger partial charge in [-0.25, -0.2) is 0 Å². The Labute approximate surface area is 107 Å². The number of non-ortho nitro benzene ring substituents is 1. The molecule has 1 aliphatic heterocycles. The van der Waals surface area contributed by atoms with Crippen molar-refractivity contribution in [1.82, 2.24) is 4.90 Å². The Morgan fingerprint density at radius 1 is 1.44 bits per heavy atom. The summed E-state index contributed by atoms with van der Waals surface area (Å²) >= 11 is 0. The van der Waals surface area contributed by atoms with E-state index in [1.54, 1.807) is 12.1 Å². The second-order valence-corrected chi connectivity index (χ2v) is 4.74. The predicted octanol–water partition coefficient (Wildman–Crippen LogP) is 2.21. The van der Waals surface area contributed by atoms with Crippen molar-refractivity contribution in [2.75, 3.05) is 20.1 Å². The molecule has 2 rings (SSSR count). The second-order valence-electron chi connectivity index (χ2n) is 4.74. The molecular formula is C13H18N2O3. The lowest BCUT2D eigenvalue weighted by Crippen LogP contribution is -2.34. The van der Waals surface area contributed by atoms with Crippen molar-refractivity contribution in [1.29, 1.82) is 0 Å². The molecule has 18 heavy (non-hydrogen) atoms. The van der Waals surface area contributed by atoms with E-state index in [4.69, 9.17) is 4.74 Å². The third kappa shape index (κ3) is 3.51. The van der Waals surface area contributed by atoms with E-state index < -0.39 is 0 Å². The summed E-state index contributed by atoms with van der Waals surface area (Å²) in [7, 11) is 2.11. The van der Waals surface area contributed by atoms with Crippen molar-refractivity contribution in [2.24, 2.45) is 0 Å². The van der Waals surface area contributed by atoms with Crippen LogP contribution in [0.25, 0.3) is 0 Å². The maximum Gasteiger partial charge on any atom is 0.269 e. The first-order valence-corrected chi connectivity index (χ1v) is 6.18. The van der Waals surface area contributed by atoms with Crippen LogP contribution in [0.5, 0.6) is 0 Å². The molecule has 0 aliphatic carbocycles. The molecule has 5 nitrogen and oxygen atoms in total. The Morgan fingerprint density at radius 2 is 2.17 bits per heavy atom. The summed E-state index contributed by atoms with van der Waals surface area (Å²) in [5.74, 6) is 0. The van der Waals surface area contributed by atoms with E-state index in [1.165, 1.54) is 6.07 Å². The number of ether oxygens (including phenoxy) is 1. The Balaban J connectivity index is 1.86. The molecule has 0 atom stereocenters. The molecule has 1 fully saturated rings. The summed E-state index contributed by atoms with van der Waals surface area (Å²) in [5.41, 5.74) is 0.989.